The maximum atomic E-state index is 13.2. The first-order valence-electron chi connectivity index (χ1n) is 8.12. The van der Waals surface area contributed by atoms with E-state index < -0.39 is 24.4 Å². The fourth-order valence-electron chi connectivity index (χ4n) is 3.31. The van der Waals surface area contributed by atoms with Crippen molar-refractivity contribution in [3.8, 4) is 11.1 Å². The van der Waals surface area contributed by atoms with Gasteiger partial charge in [0.05, 0.1) is 0 Å². The molecular formula is C19H17F2N3OS. The Bertz CT molecular complexity index is 1020. The predicted molar refractivity (Wildman–Crippen MR) is 101 cm³/mol. The third kappa shape index (κ3) is 2.87. The number of alkyl halides is 2. The number of nitrogens with two attached hydrogens (primary N) is 1. The molecule has 0 radical (unpaired) electrons. The molecule has 0 bridgehead atoms. The second kappa shape index (κ2) is 5.82. The van der Waals surface area contributed by atoms with Gasteiger partial charge in [-0.3, -0.25) is 4.99 Å². The number of nitrogens with zero attached hydrogens (tertiary/aromatic N) is 2. The number of hydrogen-bond acceptors (Lipinski definition) is 5. The Morgan fingerprint density at radius 3 is 2.69 bits per heavy atom. The van der Waals surface area contributed by atoms with Crippen LogP contribution < -0.4 is 5.73 Å². The molecule has 0 amide bonds. The Morgan fingerprint density at radius 1 is 1.23 bits per heavy atom. The van der Waals surface area contributed by atoms with Crippen molar-refractivity contribution < 1.29 is 13.9 Å². The van der Waals surface area contributed by atoms with E-state index in [0.29, 0.717) is 10.7 Å². The van der Waals surface area contributed by atoms with Crippen molar-refractivity contribution >= 4 is 33.5 Å². The molecule has 0 atom stereocenters. The largest absolute Gasteiger partial charge is 0.384 e. The number of hydrogen-bond donors (Lipinski definition) is 2. The number of rotatable bonds is 3. The molecule has 0 spiro atoms. The van der Waals surface area contributed by atoms with Crippen LogP contribution in [0.4, 0.5) is 14.6 Å². The van der Waals surface area contributed by atoms with Crippen LogP contribution in [0.3, 0.4) is 0 Å². The van der Waals surface area contributed by atoms with E-state index >= 15 is 0 Å². The number of nitrogen functional groups attached to an aromatic ring is 1. The molecule has 1 aromatic carbocycles. The van der Waals surface area contributed by atoms with Crippen LogP contribution in [0.1, 0.15) is 23.3 Å². The number of anilines is 1. The number of aromatic nitrogens is 1. The molecule has 2 aromatic heterocycles. The highest BCUT2D eigenvalue weighted by Crippen LogP contribution is 2.53. The molecular weight excluding hydrogens is 356 g/mol. The number of benzene rings is 1. The van der Waals surface area contributed by atoms with Crippen LogP contribution in [-0.2, 0) is 5.60 Å². The molecule has 0 saturated heterocycles. The van der Waals surface area contributed by atoms with Crippen molar-refractivity contribution in [2.45, 2.75) is 24.4 Å². The van der Waals surface area contributed by atoms with E-state index in [1.165, 1.54) is 11.3 Å². The zero-order valence-electron chi connectivity index (χ0n) is 14.0. The van der Waals surface area contributed by atoms with Gasteiger partial charge >= 0.3 is 0 Å². The number of aliphatic imine (C=N–C) groups is 1. The molecule has 1 saturated carbocycles. The molecule has 0 unspecified atom stereocenters. The van der Waals surface area contributed by atoms with E-state index in [4.69, 9.17) is 5.73 Å². The third-order valence-electron chi connectivity index (χ3n) is 4.63. The van der Waals surface area contributed by atoms with Gasteiger partial charge in [-0.25, -0.2) is 13.8 Å². The average Bonchev–Trinajstić information content (AvgIpc) is 2.99. The third-order valence-corrected chi connectivity index (χ3v) is 5.92. The van der Waals surface area contributed by atoms with Gasteiger partial charge in [-0.1, -0.05) is 12.1 Å². The minimum absolute atomic E-state index is 0.409. The zero-order valence-corrected chi connectivity index (χ0v) is 14.9. The highest BCUT2D eigenvalue weighted by Gasteiger charge is 2.57. The lowest BCUT2D eigenvalue weighted by atomic mass is 9.75. The lowest BCUT2D eigenvalue weighted by Gasteiger charge is -2.42. The first-order chi connectivity index (χ1) is 12.3. The molecule has 1 aliphatic carbocycles. The summed E-state index contributed by atoms with van der Waals surface area (Å²) < 4.78 is 27.4. The van der Waals surface area contributed by atoms with E-state index in [-0.39, 0.29) is 0 Å². The fourth-order valence-corrected chi connectivity index (χ4v) is 4.50. The lowest BCUT2D eigenvalue weighted by molar-refractivity contribution is -0.208. The molecule has 1 aliphatic rings. The van der Waals surface area contributed by atoms with Crippen molar-refractivity contribution in [1.29, 1.82) is 0 Å². The van der Waals surface area contributed by atoms with Crippen LogP contribution in [0.2, 0.25) is 0 Å². The number of aliphatic hydroxyl groups is 1. The molecule has 2 heterocycles. The summed E-state index contributed by atoms with van der Waals surface area (Å²) in [6, 6.07) is 9.55. The van der Waals surface area contributed by atoms with Crippen molar-refractivity contribution in [3.05, 3.63) is 47.0 Å². The molecule has 26 heavy (non-hydrogen) atoms. The van der Waals surface area contributed by atoms with Crippen LogP contribution in [0.25, 0.3) is 21.2 Å². The smallest absolute Gasteiger partial charge is 0.254 e. The van der Waals surface area contributed by atoms with Gasteiger partial charge in [0.25, 0.3) is 5.92 Å². The summed E-state index contributed by atoms with van der Waals surface area (Å²) in [4.78, 5) is 8.77. The van der Waals surface area contributed by atoms with Gasteiger partial charge in [0.1, 0.15) is 11.4 Å². The van der Waals surface area contributed by atoms with Crippen LogP contribution in [0.15, 0.2) is 41.5 Å². The Balaban J connectivity index is 1.72. The molecule has 0 aliphatic heterocycles. The Hall–Kier alpha value is -2.38. The first-order valence-corrected chi connectivity index (χ1v) is 8.94. The number of thiophene rings is 1. The SMILES string of the molecule is CN=Cc1cc(-c2ccc3cc(C4(O)CC(F)(F)C4)sc3c2)cnc1N. The van der Waals surface area contributed by atoms with Gasteiger partial charge in [-0.05, 0) is 29.1 Å². The Morgan fingerprint density at radius 2 is 2.00 bits per heavy atom. The monoisotopic (exact) mass is 373 g/mol. The van der Waals surface area contributed by atoms with E-state index in [1.54, 1.807) is 25.5 Å². The second-order valence-corrected chi connectivity index (χ2v) is 7.77. The number of fused-ring (bicyclic) bond motifs is 1. The maximum absolute atomic E-state index is 13.2. The molecule has 7 heteroatoms. The maximum Gasteiger partial charge on any atom is 0.254 e. The zero-order chi connectivity index (χ0) is 18.5. The standard InChI is InChI=1S/C19H17F2N3OS/c1-23-7-14-4-13(8-24-17(14)22)11-2-3-12-6-16(26-15(12)5-11)18(25)9-19(20,21)10-18/h2-8,25H,9-10H2,1H3,(H2,22,24). The van der Waals surface area contributed by atoms with E-state index in [2.05, 4.69) is 9.98 Å². The molecule has 4 nitrogen and oxygen atoms in total. The quantitative estimate of drug-likeness (QED) is 0.676. The van der Waals surface area contributed by atoms with E-state index in [9.17, 15) is 13.9 Å². The van der Waals surface area contributed by atoms with Crippen molar-refractivity contribution in [2.24, 2.45) is 4.99 Å². The minimum atomic E-state index is -2.77. The lowest BCUT2D eigenvalue weighted by Crippen LogP contribution is -2.48. The average molecular weight is 373 g/mol. The summed E-state index contributed by atoms with van der Waals surface area (Å²) in [5.74, 6) is -2.37. The van der Waals surface area contributed by atoms with Gasteiger partial charge in [0.2, 0.25) is 0 Å². The molecule has 1 fully saturated rings. The Labute approximate surface area is 153 Å². The molecule has 4 rings (SSSR count). The van der Waals surface area contributed by atoms with Crippen molar-refractivity contribution in [3.63, 3.8) is 0 Å². The molecule has 134 valence electrons. The molecule has 3 N–H and O–H groups in total. The normalized spacial score (nSPS) is 18.3. The van der Waals surface area contributed by atoms with Crippen LogP contribution in [-0.4, -0.2) is 29.3 Å². The van der Waals surface area contributed by atoms with Gasteiger partial charge < -0.3 is 10.8 Å². The van der Waals surface area contributed by atoms with Gasteiger partial charge in [0.15, 0.2) is 0 Å². The van der Waals surface area contributed by atoms with Crippen LogP contribution in [0, 0.1) is 0 Å². The number of halogens is 2. The summed E-state index contributed by atoms with van der Waals surface area (Å²) in [5, 5.41) is 11.3. The summed E-state index contributed by atoms with van der Waals surface area (Å²) >= 11 is 1.35. The van der Waals surface area contributed by atoms with Crippen molar-refractivity contribution in [1.82, 2.24) is 4.98 Å². The molecule has 3 aromatic rings. The van der Waals surface area contributed by atoms with Crippen LogP contribution in [0.5, 0.6) is 0 Å². The van der Waals surface area contributed by atoms with Gasteiger partial charge in [-0.2, -0.15) is 0 Å². The highest BCUT2D eigenvalue weighted by molar-refractivity contribution is 7.19. The summed E-state index contributed by atoms with van der Waals surface area (Å²) in [7, 11) is 1.67. The Kier molecular flexibility index (Phi) is 3.82. The second-order valence-electron chi connectivity index (χ2n) is 6.69. The first kappa shape index (κ1) is 17.1. The van der Waals surface area contributed by atoms with E-state index in [0.717, 1.165) is 26.8 Å². The summed E-state index contributed by atoms with van der Waals surface area (Å²) in [6.07, 6.45) is 2.32. The fraction of sp³-hybridized carbons (Fsp3) is 0.263. The van der Waals surface area contributed by atoms with Gasteiger partial charge in [-0.15, -0.1) is 11.3 Å². The summed E-state index contributed by atoms with van der Waals surface area (Å²) in [6.45, 7) is 0. The summed E-state index contributed by atoms with van der Waals surface area (Å²) in [5.41, 5.74) is 7.00. The van der Waals surface area contributed by atoms with Crippen LogP contribution >= 0.6 is 11.3 Å². The van der Waals surface area contributed by atoms with Gasteiger partial charge in [0, 0.05) is 53.0 Å². The highest BCUT2D eigenvalue weighted by atomic mass is 32.1. The predicted octanol–water partition coefficient (Wildman–Crippen LogP) is 4.21. The van der Waals surface area contributed by atoms with Crippen molar-refractivity contribution in [2.75, 3.05) is 12.8 Å². The minimum Gasteiger partial charge on any atom is -0.384 e. The number of pyridine rings is 1. The topological polar surface area (TPSA) is 71.5 Å². The van der Waals surface area contributed by atoms with E-state index in [1.807, 2.05) is 24.3 Å².